The maximum atomic E-state index is 12.3. The topological polar surface area (TPSA) is 49.6 Å². The van der Waals surface area contributed by atoms with Crippen LogP contribution in [-0.4, -0.2) is 44.5 Å². The second-order valence-corrected chi connectivity index (χ2v) is 4.52. The molecule has 0 bridgehead atoms. The van der Waals surface area contributed by atoms with Crippen LogP contribution in [0.2, 0.25) is 0 Å². The van der Waals surface area contributed by atoms with Crippen LogP contribution in [0.5, 0.6) is 0 Å². The summed E-state index contributed by atoms with van der Waals surface area (Å²) >= 11 is 0. The van der Waals surface area contributed by atoms with Crippen molar-refractivity contribution in [2.75, 3.05) is 38.6 Å². The number of carbonyl (C=O) groups is 1. The van der Waals surface area contributed by atoms with Crippen LogP contribution in [0.4, 0.5) is 5.69 Å². The van der Waals surface area contributed by atoms with E-state index in [0.29, 0.717) is 13.1 Å². The molecule has 1 rings (SSSR count). The van der Waals surface area contributed by atoms with E-state index in [4.69, 9.17) is 5.73 Å². The maximum absolute atomic E-state index is 12.3. The van der Waals surface area contributed by atoms with Gasteiger partial charge in [0.25, 0.3) is 5.91 Å². The minimum Gasteiger partial charge on any atom is -0.378 e. The molecule has 0 aliphatic carbocycles. The zero-order chi connectivity index (χ0) is 13.5. The molecule has 0 saturated carbocycles. The summed E-state index contributed by atoms with van der Waals surface area (Å²) in [6, 6.07) is 7.66. The molecule has 2 N–H and O–H groups in total. The van der Waals surface area contributed by atoms with Gasteiger partial charge in [0.15, 0.2) is 0 Å². The Labute approximate surface area is 109 Å². The van der Waals surface area contributed by atoms with Crippen molar-refractivity contribution in [2.45, 2.75) is 13.3 Å². The van der Waals surface area contributed by atoms with Gasteiger partial charge in [-0.2, -0.15) is 0 Å². The van der Waals surface area contributed by atoms with Crippen molar-refractivity contribution in [1.29, 1.82) is 0 Å². The fraction of sp³-hybridized carbons (Fsp3) is 0.500. The summed E-state index contributed by atoms with van der Waals surface area (Å²) in [5, 5.41) is 0. The SMILES string of the molecule is CCCN(CCN)C(=O)c1ccc(N(C)C)cc1. The van der Waals surface area contributed by atoms with Gasteiger partial charge in [-0.3, -0.25) is 4.79 Å². The molecular weight excluding hydrogens is 226 g/mol. The fourth-order valence-electron chi connectivity index (χ4n) is 1.83. The lowest BCUT2D eigenvalue weighted by molar-refractivity contribution is 0.0760. The summed E-state index contributed by atoms with van der Waals surface area (Å²) in [6.45, 7) is 3.93. The molecule has 100 valence electrons. The Morgan fingerprint density at radius 3 is 2.22 bits per heavy atom. The molecular formula is C14H23N3O. The van der Waals surface area contributed by atoms with Crippen molar-refractivity contribution < 1.29 is 4.79 Å². The van der Waals surface area contributed by atoms with Gasteiger partial charge in [0.2, 0.25) is 0 Å². The van der Waals surface area contributed by atoms with E-state index in [9.17, 15) is 4.79 Å². The predicted molar refractivity (Wildman–Crippen MR) is 76.0 cm³/mol. The van der Waals surface area contributed by atoms with E-state index in [1.165, 1.54) is 0 Å². The van der Waals surface area contributed by atoms with Gasteiger partial charge in [0.1, 0.15) is 0 Å². The quantitative estimate of drug-likeness (QED) is 0.832. The van der Waals surface area contributed by atoms with Crippen molar-refractivity contribution >= 4 is 11.6 Å². The molecule has 0 fully saturated rings. The molecule has 0 aliphatic rings. The molecule has 0 heterocycles. The smallest absolute Gasteiger partial charge is 0.253 e. The summed E-state index contributed by atoms with van der Waals surface area (Å²) in [5.41, 5.74) is 7.35. The molecule has 0 radical (unpaired) electrons. The van der Waals surface area contributed by atoms with Crippen molar-refractivity contribution in [1.82, 2.24) is 4.90 Å². The molecule has 4 nitrogen and oxygen atoms in total. The van der Waals surface area contributed by atoms with E-state index in [1.54, 1.807) is 0 Å². The van der Waals surface area contributed by atoms with E-state index in [-0.39, 0.29) is 5.91 Å². The van der Waals surface area contributed by atoms with Crippen LogP contribution in [0, 0.1) is 0 Å². The Bertz CT molecular complexity index is 367. The first-order valence-corrected chi connectivity index (χ1v) is 6.36. The van der Waals surface area contributed by atoms with Crippen LogP contribution in [0.1, 0.15) is 23.7 Å². The second-order valence-electron chi connectivity index (χ2n) is 4.52. The van der Waals surface area contributed by atoms with Crippen LogP contribution in [-0.2, 0) is 0 Å². The van der Waals surface area contributed by atoms with Crippen molar-refractivity contribution in [3.63, 3.8) is 0 Å². The van der Waals surface area contributed by atoms with Gasteiger partial charge in [0.05, 0.1) is 0 Å². The predicted octanol–water partition coefficient (Wildman–Crippen LogP) is 1.56. The Hall–Kier alpha value is -1.55. The number of rotatable bonds is 6. The molecule has 1 aromatic carbocycles. The number of nitrogens with zero attached hydrogens (tertiary/aromatic N) is 2. The van der Waals surface area contributed by atoms with E-state index in [0.717, 1.165) is 24.2 Å². The van der Waals surface area contributed by atoms with E-state index in [2.05, 4.69) is 6.92 Å². The average Bonchev–Trinajstić information content (AvgIpc) is 2.38. The molecule has 0 atom stereocenters. The zero-order valence-electron chi connectivity index (χ0n) is 11.5. The molecule has 1 aromatic rings. The first-order chi connectivity index (χ1) is 8.60. The molecule has 0 aliphatic heterocycles. The highest BCUT2D eigenvalue weighted by molar-refractivity contribution is 5.94. The van der Waals surface area contributed by atoms with Gasteiger partial charge in [0, 0.05) is 45.0 Å². The first kappa shape index (κ1) is 14.5. The van der Waals surface area contributed by atoms with Gasteiger partial charge in [-0.1, -0.05) is 6.92 Å². The number of benzene rings is 1. The molecule has 18 heavy (non-hydrogen) atoms. The van der Waals surface area contributed by atoms with Gasteiger partial charge in [-0.25, -0.2) is 0 Å². The van der Waals surface area contributed by atoms with Crippen LogP contribution in [0.15, 0.2) is 24.3 Å². The Balaban J connectivity index is 2.81. The van der Waals surface area contributed by atoms with Gasteiger partial charge in [-0.15, -0.1) is 0 Å². The van der Waals surface area contributed by atoms with Crippen molar-refractivity contribution in [2.24, 2.45) is 5.73 Å². The number of nitrogens with two attached hydrogens (primary N) is 1. The van der Waals surface area contributed by atoms with Gasteiger partial charge in [-0.05, 0) is 30.7 Å². The van der Waals surface area contributed by atoms with Crippen molar-refractivity contribution in [3.8, 4) is 0 Å². The standard InChI is InChI=1S/C14H23N3O/c1-4-10-17(11-9-15)14(18)12-5-7-13(8-6-12)16(2)3/h5-8H,4,9-11,15H2,1-3H3. The summed E-state index contributed by atoms with van der Waals surface area (Å²) in [5.74, 6) is 0.0626. The lowest BCUT2D eigenvalue weighted by Gasteiger charge is -2.21. The Kier molecular flexibility index (Phi) is 5.65. The Morgan fingerprint density at radius 1 is 1.17 bits per heavy atom. The minimum absolute atomic E-state index is 0.0626. The molecule has 0 saturated heterocycles. The van der Waals surface area contributed by atoms with E-state index < -0.39 is 0 Å². The third-order valence-electron chi connectivity index (χ3n) is 2.81. The maximum Gasteiger partial charge on any atom is 0.253 e. The van der Waals surface area contributed by atoms with Crippen molar-refractivity contribution in [3.05, 3.63) is 29.8 Å². The lowest BCUT2D eigenvalue weighted by atomic mass is 10.1. The lowest BCUT2D eigenvalue weighted by Crippen LogP contribution is -2.35. The highest BCUT2D eigenvalue weighted by atomic mass is 16.2. The average molecular weight is 249 g/mol. The molecule has 1 amide bonds. The molecule has 0 spiro atoms. The highest BCUT2D eigenvalue weighted by Crippen LogP contribution is 2.13. The normalized spacial score (nSPS) is 10.2. The van der Waals surface area contributed by atoms with Gasteiger partial charge >= 0.3 is 0 Å². The number of carbonyl (C=O) groups excluding carboxylic acids is 1. The molecule has 4 heteroatoms. The summed E-state index contributed by atoms with van der Waals surface area (Å²) in [6.07, 6.45) is 0.946. The minimum atomic E-state index is 0.0626. The Morgan fingerprint density at radius 2 is 1.78 bits per heavy atom. The highest BCUT2D eigenvalue weighted by Gasteiger charge is 2.13. The number of amides is 1. The van der Waals surface area contributed by atoms with Crippen LogP contribution in [0.3, 0.4) is 0 Å². The first-order valence-electron chi connectivity index (χ1n) is 6.36. The zero-order valence-corrected chi connectivity index (χ0v) is 11.5. The van der Waals surface area contributed by atoms with Gasteiger partial charge < -0.3 is 15.5 Å². The number of hydrogen-bond acceptors (Lipinski definition) is 3. The molecule has 0 aromatic heterocycles. The van der Waals surface area contributed by atoms with Crippen LogP contribution >= 0.6 is 0 Å². The monoisotopic (exact) mass is 249 g/mol. The largest absolute Gasteiger partial charge is 0.378 e. The van der Waals surface area contributed by atoms with Crippen LogP contribution in [0.25, 0.3) is 0 Å². The summed E-state index contributed by atoms with van der Waals surface area (Å²) in [7, 11) is 3.96. The fourth-order valence-corrected chi connectivity index (χ4v) is 1.83. The third-order valence-corrected chi connectivity index (χ3v) is 2.81. The summed E-state index contributed by atoms with van der Waals surface area (Å²) in [4.78, 5) is 16.1. The van der Waals surface area contributed by atoms with E-state index in [1.807, 2.05) is 48.2 Å². The summed E-state index contributed by atoms with van der Waals surface area (Å²) < 4.78 is 0. The van der Waals surface area contributed by atoms with E-state index >= 15 is 0 Å². The molecule has 0 unspecified atom stereocenters. The second kappa shape index (κ2) is 7.01. The number of anilines is 1. The third kappa shape index (κ3) is 3.74. The number of hydrogen-bond donors (Lipinski definition) is 1. The van der Waals surface area contributed by atoms with Crippen LogP contribution < -0.4 is 10.6 Å².